The molecule has 3 aromatic carbocycles. The van der Waals surface area contributed by atoms with Crippen molar-refractivity contribution in [3.63, 3.8) is 0 Å². The molecule has 0 N–H and O–H groups in total. The molecule has 26 heavy (non-hydrogen) atoms. The number of ether oxygens (including phenoxy) is 1. The molecule has 0 radical (unpaired) electrons. The molecule has 0 bridgehead atoms. The van der Waals surface area contributed by atoms with E-state index in [-0.39, 0.29) is 5.91 Å². The predicted molar refractivity (Wildman–Crippen MR) is 100 cm³/mol. The van der Waals surface area contributed by atoms with Crippen molar-refractivity contribution < 1.29 is 9.53 Å². The summed E-state index contributed by atoms with van der Waals surface area (Å²) < 4.78 is 6.10. The summed E-state index contributed by atoms with van der Waals surface area (Å²) in [5, 5.41) is 0. The third kappa shape index (κ3) is 2.10. The predicted octanol–water partition coefficient (Wildman–Crippen LogP) is 4.51. The molecule has 1 amide bonds. The molecule has 3 heteroatoms. The zero-order chi connectivity index (χ0) is 17.6. The lowest BCUT2D eigenvalue weighted by atomic mass is 9.71. The van der Waals surface area contributed by atoms with E-state index >= 15 is 0 Å². The van der Waals surface area contributed by atoms with Crippen LogP contribution in [0.4, 0.5) is 0 Å². The van der Waals surface area contributed by atoms with E-state index in [1.165, 1.54) is 0 Å². The number of hydrogen-bond donors (Lipinski definition) is 0. The summed E-state index contributed by atoms with van der Waals surface area (Å²) in [6, 6.07) is 26.1. The highest BCUT2D eigenvalue weighted by molar-refractivity contribution is 5.96. The van der Waals surface area contributed by atoms with E-state index in [0.717, 1.165) is 41.2 Å². The lowest BCUT2D eigenvalue weighted by molar-refractivity contribution is -0.132. The Labute approximate surface area is 152 Å². The Hall–Kier alpha value is -3.07. The number of hydrogen-bond acceptors (Lipinski definition) is 2. The highest BCUT2D eigenvalue weighted by Gasteiger charge is 2.53. The van der Waals surface area contributed by atoms with Gasteiger partial charge in [-0.3, -0.25) is 4.79 Å². The van der Waals surface area contributed by atoms with Crippen LogP contribution in [0.3, 0.4) is 0 Å². The number of benzene rings is 3. The monoisotopic (exact) mass is 341 g/mol. The van der Waals surface area contributed by atoms with Crippen LogP contribution in [-0.4, -0.2) is 17.4 Å². The summed E-state index contributed by atoms with van der Waals surface area (Å²) >= 11 is 0. The van der Waals surface area contributed by atoms with Crippen molar-refractivity contribution in [1.29, 1.82) is 0 Å². The van der Waals surface area contributed by atoms with Gasteiger partial charge in [0.2, 0.25) is 5.91 Å². The Kier molecular flexibility index (Phi) is 3.35. The molecular formula is C23H19NO2. The molecule has 5 rings (SSSR count). The highest BCUT2D eigenvalue weighted by atomic mass is 16.5. The molecule has 128 valence electrons. The normalized spacial score (nSPS) is 16.9. The van der Waals surface area contributed by atoms with E-state index in [1.54, 1.807) is 0 Å². The van der Waals surface area contributed by atoms with E-state index in [2.05, 4.69) is 12.1 Å². The van der Waals surface area contributed by atoms with E-state index in [1.807, 2.05) is 71.6 Å². The summed E-state index contributed by atoms with van der Waals surface area (Å²) in [7, 11) is 0. The third-order valence-electron chi connectivity index (χ3n) is 5.54. The number of para-hydroxylation sites is 2. The molecule has 1 spiro atoms. The number of nitrogens with zero attached hydrogens (tertiary/aromatic N) is 1. The smallest absolute Gasteiger partial charge is 0.238 e. The number of carbonyl (C=O) groups excluding carboxylic acids is 1. The van der Waals surface area contributed by atoms with Gasteiger partial charge >= 0.3 is 0 Å². The first-order valence-electron chi connectivity index (χ1n) is 8.99. The van der Waals surface area contributed by atoms with Gasteiger partial charge in [-0.25, -0.2) is 0 Å². The van der Waals surface area contributed by atoms with Crippen LogP contribution in [0.5, 0.6) is 11.5 Å². The molecule has 3 nitrogen and oxygen atoms in total. The zero-order valence-corrected chi connectivity index (χ0v) is 14.4. The highest BCUT2D eigenvalue weighted by Crippen LogP contribution is 2.53. The molecule has 0 aromatic heterocycles. The number of amides is 1. The number of rotatable bonds is 2. The lowest BCUT2D eigenvalue weighted by Crippen LogP contribution is -2.40. The van der Waals surface area contributed by atoms with Crippen LogP contribution in [-0.2, 0) is 16.8 Å². The van der Waals surface area contributed by atoms with Gasteiger partial charge in [-0.2, -0.15) is 0 Å². The first-order valence-corrected chi connectivity index (χ1v) is 8.99. The molecule has 0 atom stereocenters. The van der Waals surface area contributed by atoms with Crippen LogP contribution in [0.2, 0.25) is 0 Å². The molecule has 0 saturated carbocycles. The lowest BCUT2D eigenvalue weighted by Gasteiger charge is -2.35. The van der Waals surface area contributed by atoms with Crippen LogP contribution in [0, 0.1) is 0 Å². The van der Waals surface area contributed by atoms with Gasteiger partial charge in [0.05, 0.1) is 0 Å². The summed E-state index contributed by atoms with van der Waals surface area (Å²) in [6.07, 6.45) is 0.774. The van der Waals surface area contributed by atoms with E-state index in [9.17, 15) is 4.79 Å². The van der Waals surface area contributed by atoms with Gasteiger partial charge in [-0.15, -0.1) is 0 Å². The fourth-order valence-corrected chi connectivity index (χ4v) is 4.32. The van der Waals surface area contributed by atoms with Crippen LogP contribution < -0.4 is 4.74 Å². The Bertz CT molecular complexity index is 935. The minimum Gasteiger partial charge on any atom is -0.457 e. The average molecular weight is 341 g/mol. The minimum atomic E-state index is -0.639. The molecule has 1 fully saturated rings. The van der Waals surface area contributed by atoms with Gasteiger partial charge in [-0.05, 0) is 24.1 Å². The molecule has 2 aliphatic heterocycles. The number of carbonyl (C=O) groups is 1. The molecular weight excluding hydrogens is 322 g/mol. The van der Waals surface area contributed by atoms with Crippen molar-refractivity contribution in [2.24, 2.45) is 0 Å². The Morgan fingerprint density at radius 2 is 1.38 bits per heavy atom. The second-order valence-electron chi connectivity index (χ2n) is 6.96. The summed E-state index contributed by atoms with van der Waals surface area (Å²) in [6.45, 7) is 1.39. The standard InChI is InChI=1S/C23H19NO2/c25-22-23(14-15-24(22)16-17-8-2-1-3-9-17)18-10-4-6-12-20(18)26-21-13-7-5-11-19(21)23/h1-13H,14-16H2. The summed E-state index contributed by atoms with van der Waals surface area (Å²) in [5.74, 6) is 1.76. The van der Waals surface area contributed by atoms with E-state index < -0.39 is 5.41 Å². The van der Waals surface area contributed by atoms with Crippen molar-refractivity contribution in [3.8, 4) is 11.5 Å². The topological polar surface area (TPSA) is 29.5 Å². The minimum absolute atomic E-state index is 0.171. The second kappa shape index (κ2) is 5.73. The average Bonchev–Trinajstić information content (AvgIpc) is 3.00. The molecule has 1 saturated heterocycles. The van der Waals surface area contributed by atoms with Gasteiger partial charge in [0.25, 0.3) is 0 Å². The molecule has 0 unspecified atom stereocenters. The van der Waals surface area contributed by atoms with Crippen molar-refractivity contribution in [3.05, 3.63) is 95.6 Å². The summed E-state index contributed by atoms with van der Waals surface area (Å²) in [4.78, 5) is 15.7. The maximum Gasteiger partial charge on any atom is 0.238 e. The molecule has 2 heterocycles. The first kappa shape index (κ1) is 15.2. The Morgan fingerprint density at radius 3 is 2.04 bits per heavy atom. The van der Waals surface area contributed by atoms with Gasteiger partial charge < -0.3 is 9.64 Å². The maximum absolute atomic E-state index is 13.7. The Balaban J connectivity index is 1.62. The van der Waals surface area contributed by atoms with Crippen LogP contribution >= 0.6 is 0 Å². The quantitative estimate of drug-likeness (QED) is 0.686. The molecule has 0 aliphatic carbocycles. The zero-order valence-electron chi connectivity index (χ0n) is 14.4. The van der Waals surface area contributed by atoms with E-state index in [4.69, 9.17) is 4.74 Å². The van der Waals surface area contributed by atoms with Crippen molar-refractivity contribution in [2.75, 3.05) is 6.54 Å². The van der Waals surface area contributed by atoms with Crippen molar-refractivity contribution in [1.82, 2.24) is 4.90 Å². The maximum atomic E-state index is 13.7. The first-order chi connectivity index (χ1) is 12.8. The van der Waals surface area contributed by atoms with Gasteiger partial charge in [0.15, 0.2) is 0 Å². The largest absolute Gasteiger partial charge is 0.457 e. The van der Waals surface area contributed by atoms with Crippen LogP contribution in [0.25, 0.3) is 0 Å². The SMILES string of the molecule is O=C1N(Cc2ccccc2)CCC12c1ccccc1Oc1ccccc12. The van der Waals surface area contributed by atoms with Gasteiger partial charge in [0, 0.05) is 24.2 Å². The van der Waals surface area contributed by atoms with Crippen molar-refractivity contribution >= 4 is 5.91 Å². The Morgan fingerprint density at radius 1 is 0.808 bits per heavy atom. The third-order valence-corrected chi connectivity index (χ3v) is 5.54. The van der Waals surface area contributed by atoms with E-state index in [0.29, 0.717) is 6.54 Å². The van der Waals surface area contributed by atoms with Crippen LogP contribution in [0.15, 0.2) is 78.9 Å². The molecule has 3 aromatic rings. The number of fused-ring (bicyclic) bond motifs is 4. The van der Waals surface area contributed by atoms with Gasteiger partial charge in [0.1, 0.15) is 16.9 Å². The fraction of sp³-hybridized carbons (Fsp3) is 0.174. The van der Waals surface area contributed by atoms with Gasteiger partial charge in [-0.1, -0.05) is 66.7 Å². The molecule has 2 aliphatic rings. The van der Waals surface area contributed by atoms with Crippen LogP contribution in [0.1, 0.15) is 23.1 Å². The number of likely N-dealkylation sites (tertiary alicyclic amines) is 1. The second-order valence-corrected chi connectivity index (χ2v) is 6.96. The van der Waals surface area contributed by atoms with Crippen molar-refractivity contribution in [2.45, 2.75) is 18.4 Å². The fourth-order valence-electron chi connectivity index (χ4n) is 4.32. The summed E-state index contributed by atoms with van der Waals surface area (Å²) in [5.41, 5.74) is 2.49.